The first-order valence-electron chi connectivity index (χ1n) is 9.16. The summed E-state index contributed by atoms with van der Waals surface area (Å²) in [4.78, 5) is 8.23. The highest BCUT2D eigenvalue weighted by Crippen LogP contribution is 2.35. The smallest absolute Gasteiger partial charge is 0.417 e. The highest BCUT2D eigenvalue weighted by atomic mass is 35.5. The summed E-state index contributed by atoms with van der Waals surface area (Å²) in [7, 11) is 0. The predicted octanol–water partition coefficient (Wildman–Crippen LogP) is 4.21. The molecule has 3 heterocycles. The van der Waals surface area contributed by atoms with Gasteiger partial charge in [0.25, 0.3) is 5.89 Å². The van der Waals surface area contributed by atoms with Gasteiger partial charge in [0.05, 0.1) is 21.2 Å². The topological polar surface area (TPSA) is 112 Å². The van der Waals surface area contributed by atoms with E-state index in [0.717, 1.165) is 22.7 Å². The van der Waals surface area contributed by atoms with Crippen LogP contribution in [-0.2, 0) is 6.18 Å². The summed E-state index contributed by atoms with van der Waals surface area (Å²) < 4.78 is 64.8. The Morgan fingerprint density at radius 3 is 2.61 bits per heavy atom. The molecule has 1 atom stereocenters. The Hall–Kier alpha value is -2.93. The third kappa shape index (κ3) is 4.74. The van der Waals surface area contributed by atoms with Crippen LogP contribution >= 0.6 is 23.2 Å². The van der Waals surface area contributed by atoms with Crippen LogP contribution in [0, 0.1) is 5.82 Å². The zero-order valence-electron chi connectivity index (χ0n) is 16.3. The number of aromatic nitrogens is 4. The van der Waals surface area contributed by atoms with E-state index >= 15 is 0 Å². The first-order chi connectivity index (χ1) is 15.6. The molecule has 0 radical (unpaired) electrons. The van der Waals surface area contributed by atoms with Crippen LogP contribution in [0.3, 0.4) is 0 Å². The van der Waals surface area contributed by atoms with E-state index in [9.17, 15) is 22.7 Å². The minimum absolute atomic E-state index is 0.0108. The maximum Gasteiger partial charge on any atom is 0.417 e. The van der Waals surface area contributed by atoms with E-state index in [1.807, 2.05) is 0 Å². The number of ether oxygens (including phenoxy) is 1. The zero-order valence-corrected chi connectivity index (χ0v) is 17.8. The lowest BCUT2D eigenvalue weighted by Gasteiger charge is -2.12. The maximum atomic E-state index is 14.4. The molecule has 0 spiro atoms. The lowest BCUT2D eigenvalue weighted by atomic mass is 10.2. The molecule has 3 N–H and O–H groups in total. The Morgan fingerprint density at radius 1 is 1.15 bits per heavy atom. The van der Waals surface area contributed by atoms with Crippen molar-refractivity contribution in [2.75, 3.05) is 13.2 Å². The van der Waals surface area contributed by atoms with Gasteiger partial charge in [0.1, 0.15) is 18.4 Å². The number of rotatable bonds is 6. The van der Waals surface area contributed by atoms with Gasteiger partial charge < -0.3 is 24.5 Å². The lowest BCUT2D eigenvalue weighted by Crippen LogP contribution is -2.26. The summed E-state index contributed by atoms with van der Waals surface area (Å²) in [5.41, 5.74) is 4.48. The number of imidazole rings is 1. The first-order valence-corrected chi connectivity index (χ1v) is 9.92. The molecule has 14 heteroatoms. The van der Waals surface area contributed by atoms with Crippen LogP contribution in [0.2, 0.25) is 10.0 Å². The van der Waals surface area contributed by atoms with Crippen LogP contribution in [-0.4, -0.2) is 43.9 Å². The number of benzene rings is 1. The highest BCUT2D eigenvalue weighted by Gasteiger charge is 2.32. The van der Waals surface area contributed by atoms with Crippen molar-refractivity contribution in [2.45, 2.75) is 12.3 Å². The van der Waals surface area contributed by atoms with Crippen molar-refractivity contribution in [1.29, 1.82) is 0 Å². The molecule has 0 fully saturated rings. The third-order valence-corrected chi connectivity index (χ3v) is 5.03. The second-order valence-corrected chi connectivity index (χ2v) is 7.63. The number of fused-ring (bicyclic) bond motifs is 1. The average molecular weight is 506 g/mol. The molecule has 33 heavy (non-hydrogen) atoms. The Bertz CT molecular complexity index is 1320. The van der Waals surface area contributed by atoms with Crippen molar-refractivity contribution < 1.29 is 31.9 Å². The van der Waals surface area contributed by atoms with Crippen LogP contribution in [0.4, 0.5) is 17.6 Å². The SMILES string of the molecule is NCC(O)COc1cc(Cl)c(-c2nc(-c3cn4cc(C(F)(F)F)cc(Cl)c4n3)no2)cc1F. The Morgan fingerprint density at radius 2 is 1.91 bits per heavy atom. The minimum Gasteiger partial charge on any atom is -0.488 e. The second kappa shape index (κ2) is 8.78. The summed E-state index contributed by atoms with van der Waals surface area (Å²) in [6.07, 6.45) is -3.51. The standard InChI is InChI=1S/C19H13Cl2F4N5O3/c20-11-3-15(32-7-9(31)4-26)13(22)2-10(11)18-28-16(29-33-18)14-6-30-5-8(19(23,24)25)1-12(21)17(30)27-14/h1-3,5-6,9,31H,4,7,26H2. The molecule has 0 aliphatic rings. The van der Waals surface area contributed by atoms with Crippen molar-refractivity contribution in [3.8, 4) is 28.7 Å². The fourth-order valence-corrected chi connectivity index (χ4v) is 3.31. The fourth-order valence-electron chi connectivity index (χ4n) is 2.81. The van der Waals surface area contributed by atoms with Crippen molar-refractivity contribution >= 4 is 28.8 Å². The van der Waals surface area contributed by atoms with E-state index in [1.165, 1.54) is 12.3 Å². The Kier molecular flexibility index (Phi) is 6.18. The summed E-state index contributed by atoms with van der Waals surface area (Å²) in [6, 6.07) is 2.93. The largest absolute Gasteiger partial charge is 0.488 e. The van der Waals surface area contributed by atoms with E-state index in [2.05, 4.69) is 15.1 Å². The van der Waals surface area contributed by atoms with Gasteiger partial charge in [-0.3, -0.25) is 0 Å². The van der Waals surface area contributed by atoms with Gasteiger partial charge in [-0.25, -0.2) is 9.37 Å². The number of aliphatic hydroxyl groups is 1. The number of alkyl halides is 3. The van der Waals surface area contributed by atoms with E-state index in [-0.39, 0.29) is 57.6 Å². The van der Waals surface area contributed by atoms with Crippen molar-refractivity contribution in [1.82, 2.24) is 19.5 Å². The average Bonchev–Trinajstić information content (AvgIpc) is 3.40. The molecular weight excluding hydrogens is 493 g/mol. The van der Waals surface area contributed by atoms with Gasteiger partial charge in [0.15, 0.2) is 17.2 Å². The zero-order chi connectivity index (χ0) is 23.9. The van der Waals surface area contributed by atoms with E-state index in [0.29, 0.717) is 0 Å². The van der Waals surface area contributed by atoms with Gasteiger partial charge in [-0.05, 0) is 12.1 Å². The van der Waals surface area contributed by atoms with Crippen LogP contribution in [0.25, 0.3) is 28.6 Å². The number of nitrogens with zero attached hydrogens (tertiary/aromatic N) is 4. The summed E-state index contributed by atoms with van der Waals surface area (Å²) in [5.74, 6) is -1.27. The predicted molar refractivity (Wildman–Crippen MR) is 109 cm³/mol. The van der Waals surface area contributed by atoms with Gasteiger partial charge in [0, 0.05) is 25.0 Å². The number of nitrogens with two attached hydrogens (primary N) is 1. The molecule has 0 aliphatic heterocycles. The van der Waals surface area contributed by atoms with Gasteiger partial charge in [-0.1, -0.05) is 28.4 Å². The Balaban J connectivity index is 1.65. The fraction of sp³-hybridized carbons (Fsp3) is 0.211. The van der Waals surface area contributed by atoms with Crippen LogP contribution < -0.4 is 10.5 Å². The number of aliphatic hydroxyl groups excluding tert-OH is 1. The van der Waals surface area contributed by atoms with Gasteiger partial charge in [-0.15, -0.1) is 0 Å². The molecule has 174 valence electrons. The number of pyridine rings is 1. The summed E-state index contributed by atoms with van der Waals surface area (Å²) >= 11 is 12.1. The number of hydrogen-bond donors (Lipinski definition) is 2. The van der Waals surface area contributed by atoms with Gasteiger partial charge in [0.2, 0.25) is 5.82 Å². The van der Waals surface area contributed by atoms with E-state index < -0.39 is 23.7 Å². The molecule has 4 aromatic rings. The molecule has 0 saturated carbocycles. The van der Waals surface area contributed by atoms with Gasteiger partial charge in [-0.2, -0.15) is 18.2 Å². The molecule has 1 unspecified atom stereocenters. The second-order valence-electron chi connectivity index (χ2n) is 6.82. The Labute approximate surface area is 192 Å². The molecule has 1 aromatic carbocycles. The van der Waals surface area contributed by atoms with Crippen molar-refractivity contribution in [3.05, 3.63) is 52.0 Å². The normalized spacial score (nSPS) is 13.0. The third-order valence-electron chi connectivity index (χ3n) is 4.44. The number of halogens is 6. The quantitative estimate of drug-likeness (QED) is 0.377. The molecule has 0 saturated heterocycles. The van der Waals surface area contributed by atoms with Crippen LogP contribution in [0.1, 0.15) is 5.56 Å². The first kappa shape index (κ1) is 23.2. The van der Waals surface area contributed by atoms with Crippen molar-refractivity contribution in [3.63, 3.8) is 0 Å². The maximum absolute atomic E-state index is 14.4. The molecule has 0 aliphatic carbocycles. The lowest BCUT2D eigenvalue weighted by molar-refractivity contribution is -0.137. The monoisotopic (exact) mass is 505 g/mol. The molecular formula is C19H13Cl2F4N5O3. The summed E-state index contributed by atoms with van der Waals surface area (Å²) in [5, 5.41) is 13.0. The summed E-state index contributed by atoms with van der Waals surface area (Å²) in [6.45, 7) is -0.301. The molecule has 0 amide bonds. The van der Waals surface area contributed by atoms with Crippen LogP contribution in [0.15, 0.2) is 35.1 Å². The molecule has 4 rings (SSSR count). The van der Waals surface area contributed by atoms with E-state index in [1.54, 1.807) is 0 Å². The van der Waals surface area contributed by atoms with Crippen molar-refractivity contribution in [2.24, 2.45) is 5.73 Å². The molecule has 3 aromatic heterocycles. The number of hydrogen-bond acceptors (Lipinski definition) is 7. The molecule has 0 bridgehead atoms. The molecule has 8 nitrogen and oxygen atoms in total. The van der Waals surface area contributed by atoms with Gasteiger partial charge >= 0.3 is 6.18 Å². The van der Waals surface area contributed by atoms with Crippen LogP contribution in [0.5, 0.6) is 5.75 Å². The highest BCUT2D eigenvalue weighted by molar-refractivity contribution is 6.33. The minimum atomic E-state index is -4.60. The van der Waals surface area contributed by atoms with E-state index in [4.69, 9.17) is 38.2 Å².